The van der Waals surface area contributed by atoms with E-state index in [1.54, 1.807) is 0 Å². The largest absolute Gasteiger partial charge is 0.310 e. The first-order valence-corrected chi connectivity index (χ1v) is 5.82. The highest BCUT2D eigenvalue weighted by Crippen LogP contribution is 2.11. The molecule has 0 aliphatic heterocycles. The van der Waals surface area contributed by atoms with Crippen molar-refractivity contribution in [2.75, 3.05) is 6.54 Å². The maximum Gasteiger partial charge on any atom is 0.108 e. The topological polar surface area (TPSA) is 48.2 Å². The molecule has 2 N–H and O–H groups in total. The fraction of sp³-hybridized carbons (Fsp3) is 0.273. The van der Waals surface area contributed by atoms with E-state index < -0.39 is 0 Å². The van der Waals surface area contributed by atoms with Crippen LogP contribution in [0.2, 0.25) is 0 Å². The number of hydrogen-bond acceptors (Lipinski definition) is 4. The summed E-state index contributed by atoms with van der Waals surface area (Å²) in [7, 11) is 0. The average molecular weight is 221 g/mol. The predicted molar refractivity (Wildman–Crippen MR) is 67.6 cm³/mol. The van der Waals surface area contributed by atoms with E-state index in [9.17, 15) is 0 Å². The third-order valence-corrected chi connectivity index (χ3v) is 2.56. The van der Waals surface area contributed by atoms with E-state index in [-0.39, 0.29) is 0 Å². The van der Waals surface area contributed by atoms with Crippen molar-refractivity contribution in [3.05, 3.63) is 35.9 Å². The summed E-state index contributed by atoms with van der Waals surface area (Å²) in [6, 6.07) is 10.1. The van der Waals surface area contributed by atoms with Crippen LogP contribution >= 0.6 is 11.8 Å². The van der Waals surface area contributed by atoms with Gasteiger partial charge in [-0.25, -0.2) is 0 Å². The minimum atomic E-state index is 0.472. The van der Waals surface area contributed by atoms with Gasteiger partial charge in [-0.1, -0.05) is 30.3 Å². The third-order valence-electron chi connectivity index (χ3n) is 1.67. The molecular formula is C11H15N3S. The highest BCUT2D eigenvalue weighted by atomic mass is 32.2. The van der Waals surface area contributed by atoms with E-state index >= 15 is 0 Å². The molecule has 0 aliphatic rings. The van der Waals surface area contributed by atoms with Crippen LogP contribution in [-0.4, -0.2) is 17.8 Å². The molecule has 0 bridgehead atoms. The van der Waals surface area contributed by atoms with Crippen LogP contribution in [0.1, 0.15) is 12.5 Å². The molecule has 0 radical (unpaired) electrons. The van der Waals surface area contributed by atoms with Crippen LogP contribution in [0, 0.1) is 5.41 Å². The van der Waals surface area contributed by atoms with E-state index in [0.29, 0.717) is 5.04 Å². The predicted octanol–water partition coefficient (Wildman–Crippen LogP) is 2.49. The average Bonchev–Trinajstić information content (AvgIpc) is 2.28. The molecule has 80 valence electrons. The molecule has 1 rings (SSSR count). The molecule has 0 atom stereocenters. The number of hydrazone groups is 1. The molecule has 0 aromatic heterocycles. The molecule has 15 heavy (non-hydrogen) atoms. The van der Waals surface area contributed by atoms with Gasteiger partial charge in [-0.15, -0.1) is 11.8 Å². The van der Waals surface area contributed by atoms with Gasteiger partial charge in [0.25, 0.3) is 0 Å². The SMILES string of the molecule is CCN/N=C\C(=N)SCc1ccccc1. The molecule has 1 aromatic rings. The Labute approximate surface area is 94.5 Å². The Balaban J connectivity index is 2.28. The van der Waals surface area contributed by atoms with E-state index in [1.165, 1.54) is 23.5 Å². The first kappa shape index (κ1) is 11.8. The lowest BCUT2D eigenvalue weighted by Gasteiger charge is -1.99. The summed E-state index contributed by atoms with van der Waals surface area (Å²) in [4.78, 5) is 0. The highest BCUT2D eigenvalue weighted by Gasteiger charge is 1.95. The number of benzene rings is 1. The minimum Gasteiger partial charge on any atom is -0.310 e. The summed E-state index contributed by atoms with van der Waals surface area (Å²) < 4.78 is 0. The maximum atomic E-state index is 7.59. The van der Waals surface area contributed by atoms with Crippen LogP contribution in [0.25, 0.3) is 0 Å². The standard InChI is InChI=1S/C11H15N3S/c1-2-13-14-8-11(12)15-9-10-6-4-3-5-7-10/h3-8,12-13H,2,9H2,1H3/b12-11?,14-8-. The molecule has 1 aromatic carbocycles. The van der Waals surface area contributed by atoms with Gasteiger partial charge in [0.15, 0.2) is 0 Å². The van der Waals surface area contributed by atoms with E-state index in [1.807, 2.05) is 25.1 Å². The highest BCUT2D eigenvalue weighted by molar-refractivity contribution is 8.14. The Morgan fingerprint density at radius 3 is 2.87 bits per heavy atom. The van der Waals surface area contributed by atoms with Gasteiger partial charge < -0.3 is 5.43 Å². The summed E-state index contributed by atoms with van der Waals surface area (Å²) >= 11 is 1.47. The molecule has 0 spiro atoms. The van der Waals surface area contributed by atoms with Crippen molar-refractivity contribution in [3.8, 4) is 0 Å². The van der Waals surface area contributed by atoms with Gasteiger partial charge >= 0.3 is 0 Å². The lowest BCUT2D eigenvalue weighted by atomic mass is 10.2. The normalized spacial score (nSPS) is 10.5. The second-order valence-electron chi connectivity index (χ2n) is 2.91. The monoisotopic (exact) mass is 221 g/mol. The third kappa shape index (κ3) is 5.22. The molecule has 0 unspecified atom stereocenters. The Bertz CT molecular complexity index is 322. The lowest BCUT2D eigenvalue weighted by Crippen LogP contribution is -2.05. The molecule has 3 nitrogen and oxygen atoms in total. The van der Waals surface area contributed by atoms with Crippen LogP contribution in [0.3, 0.4) is 0 Å². The van der Waals surface area contributed by atoms with Gasteiger partial charge in [-0.3, -0.25) is 5.41 Å². The zero-order valence-electron chi connectivity index (χ0n) is 8.73. The zero-order chi connectivity index (χ0) is 10.9. The molecule has 0 heterocycles. The van der Waals surface area contributed by atoms with Gasteiger partial charge in [0.1, 0.15) is 5.04 Å². The van der Waals surface area contributed by atoms with Crippen molar-refractivity contribution >= 4 is 23.0 Å². The number of rotatable bonds is 5. The fourth-order valence-corrected chi connectivity index (χ4v) is 1.61. The molecule has 0 saturated carbocycles. The van der Waals surface area contributed by atoms with E-state index in [0.717, 1.165) is 12.3 Å². The number of hydrogen-bond donors (Lipinski definition) is 2. The van der Waals surface area contributed by atoms with Crippen molar-refractivity contribution in [3.63, 3.8) is 0 Å². The molecule has 0 aliphatic carbocycles. The van der Waals surface area contributed by atoms with E-state index in [2.05, 4.69) is 22.7 Å². The summed E-state index contributed by atoms with van der Waals surface area (Å²) in [5.74, 6) is 0.817. The first-order chi connectivity index (χ1) is 7.33. The first-order valence-electron chi connectivity index (χ1n) is 4.84. The van der Waals surface area contributed by atoms with Gasteiger partial charge in [0.2, 0.25) is 0 Å². The van der Waals surface area contributed by atoms with Crippen LogP contribution in [-0.2, 0) is 5.75 Å². The Hall–Kier alpha value is -1.29. The van der Waals surface area contributed by atoms with Gasteiger partial charge in [0.05, 0.1) is 6.21 Å². The van der Waals surface area contributed by atoms with Crippen molar-refractivity contribution in [1.29, 1.82) is 5.41 Å². The molecule has 0 fully saturated rings. The van der Waals surface area contributed by atoms with Crippen LogP contribution in [0.4, 0.5) is 0 Å². The molecule has 0 saturated heterocycles. The van der Waals surface area contributed by atoms with Crippen molar-refractivity contribution in [2.24, 2.45) is 5.10 Å². The van der Waals surface area contributed by atoms with Gasteiger partial charge in [-0.05, 0) is 12.5 Å². The molecular weight excluding hydrogens is 206 g/mol. The second kappa shape index (κ2) is 7.06. The zero-order valence-corrected chi connectivity index (χ0v) is 9.55. The summed E-state index contributed by atoms with van der Waals surface area (Å²) in [5.41, 5.74) is 4.02. The van der Waals surface area contributed by atoms with Gasteiger partial charge in [-0.2, -0.15) is 5.10 Å². The van der Waals surface area contributed by atoms with Gasteiger partial charge in [0, 0.05) is 12.3 Å². The lowest BCUT2D eigenvalue weighted by molar-refractivity contribution is 0.789. The Morgan fingerprint density at radius 1 is 1.47 bits per heavy atom. The van der Waals surface area contributed by atoms with Crippen molar-refractivity contribution < 1.29 is 0 Å². The second-order valence-corrected chi connectivity index (χ2v) is 3.93. The summed E-state index contributed by atoms with van der Waals surface area (Å²) in [6.07, 6.45) is 1.54. The minimum absolute atomic E-state index is 0.472. The summed E-state index contributed by atoms with van der Waals surface area (Å²) in [6.45, 7) is 2.76. The van der Waals surface area contributed by atoms with Crippen molar-refractivity contribution in [2.45, 2.75) is 12.7 Å². The number of nitrogens with one attached hydrogen (secondary N) is 2. The Morgan fingerprint density at radius 2 is 2.20 bits per heavy atom. The fourth-order valence-electron chi connectivity index (χ4n) is 0.968. The number of nitrogens with zero attached hydrogens (tertiary/aromatic N) is 1. The Kier molecular flexibility index (Phi) is 5.55. The molecule has 4 heteroatoms. The van der Waals surface area contributed by atoms with Crippen molar-refractivity contribution in [1.82, 2.24) is 5.43 Å². The van der Waals surface area contributed by atoms with Crippen LogP contribution < -0.4 is 5.43 Å². The maximum absolute atomic E-state index is 7.59. The quantitative estimate of drug-likeness (QED) is 0.456. The van der Waals surface area contributed by atoms with Crippen LogP contribution in [0.5, 0.6) is 0 Å². The van der Waals surface area contributed by atoms with E-state index in [4.69, 9.17) is 5.41 Å². The number of thioether (sulfide) groups is 1. The smallest absolute Gasteiger partial charge is 0.108 e. The molecule has 0 amide bonds. The summed E-state index contributed by atoms with van der Waals surface area (Å²) in [5, 5.41) is 11.9. The van der Waals surface area contributed by atoms with Crippen LogP contribution in [0.15, 0.2) is 35.4 Å².